The Kier molecular flexibility index (Phi) is 6.32. The predicted octanol–water partition coefficient (Wildman–Crippen LogP) is 3.80. The summed E-state index contributed by atoms with van der Waals surface area (Å²) in [6.07, 6.45) is 1.10. The first kappa shape index (κ1) is 17.9. The second-order valence-corrected chi connectivity index (χ2v) is 5.74. The molecule has 24 heavy (non-hydrogen) atoms. The number of amides is 1. The third-order valence-electron chi connectivity index (χ3n) is 3.54. The van der Waals surface area contributed by atoms with Crippen LogP contribution in [-0.4, -0.2) is 23.0 Å². The highest BCUT2D eigenvalue weighted by Crippen LogP contribution is 2.21. The molecule has 1 N–H and O–H groups in total. The summed E-state index contributed by atoms with van der Waals surface area (Å²) in [6.45, 7) is 3.43. The van der Waals surface area contributed by atoms with Gasteiger partial charge in [-0.05, 0) is 31.0 Å². The lowest BCUT2D eigenvalue weighted by Gasteiger charge is -2.18. The van der Waals surface area contributed by atoms with Gasteiger partial charge in [0.15, 0.2) is 6.10 Å². The van der Waals surface area contributed by atoms with Crippen LogP contribution in [-0.2, 0) is 14.3 Å². The Hall–Kier alpha value is -2.40. The van der Waals surface area contributed by atoms with Crippen molar-refractivity contribution in [1.82, 2.24) is 4.98 Å². The van der Waals surface area contributed by atoms with Gasteiger partial charge in [-0.15, -0.1) is 0 Å². The van der Waals surface area contributed by atoms with Crippen LogP contribution in [0.3, 0.4) is 0 Å². The van der Waals surface area contributed by atoms with E-state index >= 15 is 0 Å². The SMILES string of the molecule is CC[C@H](C(=O)O[C@@H](C)C(=O)Nc1ccc(Cl)cn1)c1ccccc1. The van der Waals surface area contributed by atoms with Crippen molar-refractivity contribution >= 4 is 29.3 Å². The normalized spacial score (nSPS) is 13.0. The van der Waals surface area contributed by atoms with Crippen LogP contribution in [0, 0.1) is 0 Å². The fourth-order valence-corrected chi connectivity index (χ4v) is 2.32. The molecule has 1 heterocycles. The van der Waals surface area contributed by atoms with Crippen LogP contribution in [0.4, 0.5) is 5.82 Å². The Balaban J connectivity index is 1.97. The molecule has 0 spiro atoms. The van der Waals surface area contributed by atoms with Crippen molar-refractivity contribution in [2.24, 2.45) is 0 Å². The molecule has 0 aliphatic carbocycles. The van der Waals surface area contributed by atoms with E-state index in [0.29, 0.717) is 17.3 Å². The molecule has 1 aromatic carbocycles. The summed E-state index contributed by atoms with van der Waals surface area (Å²) >= 11 is 5.74. The summed E-state index contributed by atoms with van der Waals surface area (Å²) in [6, 6.07) is 12.6. The lowest BCUT2D eigenvalue weighted by atomic mass is 9.97. The number of rotatable bonds is 6. The van der Waals surface area contributed by atoms with Gasteiger partial charge >= 0.3 is 5.97 Å². The molecule has 0 unspecified atom stereocenters. The van der Waals surface area contributed by atoms with Gasteiger partial charge < -0.3 is 10.1 Å². The second kappa shape index (κ2) is 8.45. The molecule has 2 aromatic rings. The molecule has 0 aliphatic rings. The van der Waals surface area contributed by atoms with E-state index in [1.54, 1.807) is 12.1 Å². The summed E-state index contributed by atoms with van der Waals surface area (Å²) in [5.74, 6) is -0.908. The van der Waals surface area contributed by atoms with Gasteiger partial charge in [0, 0.05) is 6.20 Å². The zero-order valence-electron chi connectivity index (χ0n) is 13.5. The van der Waals surface area contributed by atoms with Crippen LogP contribution in [0.1, 0.15) is 31.7 Å². The van der Waals surface area contributed by atoms with E-state index in [2.05, 4.69) is 10.3 Å². The number of ether oxygens (including phenoxy) is 1. The van der Waals surface area contributed by atoms with E-state index < -0.39 is 23.9 Å². The first-order chi connectivity index (χ1) is 11.5. The molecule has 0 radical (unpaired) electrons. The molecule has 126 valence electrons. The minimum atomic E-state index is -0.923. The maximum atomic E-state index is 12.4. The Labute approximate surface area is 146 Å². The van der Waals surface area contributed by atoms with Gasteiger partial charge in [-0.3, -0.25) is 9.59 Å². The average Bonchev–Trinajstić information content (AvgIpc) is 2.58. The highest BCUT2D eigenvalue weighted by molar-refractivity contribution is 6.30. The fraction of sp³-hybridized carbons (Fsp3) is 0.278. The molecular weight excluding hydrogens is 328 g/mol. The summed E-state index contributed by atoms with van der Waals surface area (Å²) in [7, 11) is 0. The number of nitrogens with one attached hydrogen (secondary N) is 1. The molecular formula is C18H19ClN2O3. The van der Waals surface area contributed by atoms with E-state index in [1.165, 1.54) is 13.1 Å². The smallest absolute Gasteiger partial charge is 0.314 e. The number of nitrogens with zero attached hydrogens (tertiary/aromatic N) is 1. The number of carbonyl (C=O) groups excluding carboxylic acids is 2. The van der Waals surface area contributed by atoms with E-state index in [-0.39, 0.29) is 0 Å². The van der Waals surface area contributed by atoms with Crippen LogP contribution in [0.15, 0.2) is 48.7 Å². The fourth-order valence-electron chi connectivity index (χ4n) is 2.21. The van der Waals surface area contributed by atoms with E-state index in [4.69, 9.17) is 16.3 Å². The van der Waals surface area contributed by atoms with Crippen molar-refractivity contribution in [2.75, 3.05) is 5.32 Å². The molecule has 5 nitrogen and oxygen atoms in total. The minimum absolute atomic E-state index is 0.349. The lowest BCUT2D eigenvalue weighted by Crippen LogP contribution is -2.32. The first-order valence-corrected chi connectivity index (χ1v) is 8.07. The lowest BCUT2D eigenvalue weighted by molar-refractivity contribution is -0.154. The Morgan fingerprint density at radius 3 is 2.50 bits per heavy atom. The van der Waals surface area contributed by atoms with Gasteiger partial charge in [0.1, 0.15) is 5.82 Å². The standard InChI is InChI=1S/C18H19ClN2O3/c1-3-15(13-7-5-4-6-8-13)18(23)24-12(2)17(22)21-16-10-9-14(19)11-20-16/h4-12,15H,3H2,1-2H3,(H,20,21,22)/t12-,15-/m0/s1. The van der Waals surface area contributed by atoms with Crippen molar-refractivity contribution in [3.05, 3.63) is 59.2 Å². The number of pyridine rings is 1. The van der Waals surface area contributed by atoms with Crippen molar-refractivity contribution in [2.45, 2.75) is 32.3 Å². The third kappa shape index (κ3) is 4.80. The average molecular weight is 347 g/mol. The zero-order chi connectivity index (χ0) is 17.5. The number of esters is 1. The number of benzene rings is 1. The molecule has 2 rings (SSSR count). The van der Waals surface area contributed by atoms with Crippen molar-refractivity contribution in [1.29, 1.82) is 0 Å². The summed E-state index contributed by atoms with van der Waals surface area (Å²) < 4.78 is 5.31. The van der Waals surface area contributed by atoms with Crippen LogP contribution in [0.5, 0.6) is 0 Å². The number of hydrogen-bond acceptors (Lipinski definition) is 4. The summed E-state index contributed by atoms with van der Waals surface area (Å²) in [4.78, 5) is 28.4. The zero-order valence-corrected chi connectivity index (χ0v) is 14.3. The number of halogens is 1. The van der Waals surface area contributed by atoms with Gasteiger partial charge in [0.2, 0.25) is 0 Å². The highest BCUT2D eigenvalue weighted by atomic mass is 35.5. The molecule has 0 fully saturated rings. The maximum absolute atomic E-state index is 12.4. The number of carbonyl (C=O) groups is 2. The first-order valence-electron chi connectivity index (χ1n) is 7.69. The van der Waals surface area contributed by atoms with Gasteiger partial charge in [-0.2, -0.15) is 0 Å². The Morgan fingerprint density at radius 1 is 1.21 bits per heavy atom. The largest absolute Gasteiger partial charge is 0.452 e. The summed E-state index contributed by atoms with van der Waals surface area (Å²) in [5, 5.41) is 3.06. The molecule has 2 atom stereocenters. The van der Waals surface area contributed by atoms with Gasteiger partial charge in [-0.1, -0.05) is 48.9 Å². The molecule has 0 aliphatic heterocycles. The van der Waals surface area contributed by atoms with E-state index in [9.17, 15) is 9.59 Å². The summed E-state index contributed by atoms with van der Waals surface area (Å²) in [5.41, 5.74) is 0.872. The molecule has 0 saturated heterocycles. The van der Waals surface area contributed by atoms with Crippen molar-refractivity contribution in [3.63, 3.8) is 0 Å². The number of anilines is 1. The molecule has 1 amide bonds. The van der Waals surface area contributed by atoms with E-state index in [1.807, 2.05) is 37.3 Å². The third-order valence-corrected chi connectivity index (χ3v) is 3.76. The van der Waals surface area contributed by atoms with Gasteiger partial charge in [-0.25, -0.2) is 4.98 Å². The van der Waals surface area contributed by atoms with E-state index in [0.717, 1.165) is 5.56 Å². The Bertz CT molecular complexity index is 689. The predicted molar refractivity (Wildman–Crippen MR) is 92.9 cm³/mol. The van der Waals surface area contributed by atoms with Crippen molar-refractivity contribution < 1.29 is 14.3 Å². The molecule has 0 saturated carbocycles. The van der Waals surface area contributed by atoms with Gasteiger partial charge in [0.05, 0.1) is 10.9 Å². The van der Waals surface area contributed by atoms with Crippen molar-refractivity contribution in [3.8, 4) is 0 Å². The molecule has 6 heteroatoms. The second-order valence-electron chi connectivity index (χ2n) is 5.30. The quantitative estimate of drug-likeness (QED) is 0.808. The molecule has 0 bridgehead atoms. The highest BCUT2D eigenvalue weighted by Gasteiger charge is 2.25. The van der Waals surface area contributed by atoms with Crippen LogP contribution in [0.2, 0.25) is 5.02 Å². The maximum Gasteiger partial charge on any atom is 0.314 e. The monoisotopic (exact) mass is 346 g/mol. The Morgan fingerprint density at radius 2 is 1.92 bits per heavy atom. The topological polar surface area (TPSA) is 68.3 Å². The number of aromatic nitrogens is 1. The number of hydrogen-bond donors (Lipinski definition) is 1. The van der Waals surface area contributed by atoms with Crippen LogP contribution < -0.4 is 5.32 Å². The molecule has 1 aromatic heterocycles. The minimum Gasteiger partial charge on any atom is -0.452 e. The van der Waals surface area contributed by atoms with Crippen LogP contribution in [0.25, 0.3) is 0 Å². The van der Waals surface area contributed by atoms with Crippen LogP contribution >= 0.6 is 11.6 Å². The van der Waals surface area contributed by atoms with Gasteiger partial charge in [0.25, 0.3) is 5.91 Å².